The number of esters is 1. The molecule has 0 aliphatic carbocycles. The summed E-state index contributed by atoms with van der Waals surface area (Å²) in [7, 11) is 0. The first-order valence-corrected chi connectivity index (χ1v) is 9.35. The zero-order valence-electron chi connectivity index (χ0n) is 15.5. The second-order valence-electron chi connectivity index (χ2n) is 6.76. The van der Waals surface area contributed by atoms with Gasteiger partial charge >= 0.3 is 12.0 Å². The van der Waals surface area contributed by atoms with E-state index in [-0.39, 0.29) is 18.7 Å². The van der Waals surface area contributed by atoms with E-state index >= 15 is 0 Å². The van der Waals surface area contributed by atoms with Crippen LogP contribution in [-0.4, -0.2) is 37.9 Å². The van der Waals surface area contributed by atoms with E-state index in [0.717, 1.165) is 30.6 Å². The highest BCUT2D eigenvalue weighted by molar-refractivity contribution is 5.85. The first-order valence-electron chi connectivity index (χ1n) is 9.35. The molecule has 27 heavy (non-hydrogen) atoms. The number of urea groups is 1. The zero-order chi connectivity index (χ0) is 19.2. The van der Waals surface area contributed by atoms with Crippen molar-refractivity contribution in [1.82, 2.24) is 10.6 Å². The van der Waals surface area contributed by atoms with E-state index in [4.69, 9.17) is 14.2 Å². The first-order chi connectivity index (χ1) is 13.1. The Balaban J connectivity index is 1.71. The number of ether oxygens (including phenoxy) is 3. The second-order valence-corrected chi connectivity index (χ2v) is 6.76. The summed E-state index contributed by atoms with van der Waals surface area (Å²) >= 11 is 0. The molecular weight excluding hydrogens is 348 g/mol. The standard InChI is InChI=1S/C20H26N2O5/c1-3-10-25-15-8-6-14(7-9-15)18-17(13(2)21-20(24)22-18)19(23)27-12-16-5-4-11-26-16/h6-9,16-18H,2-5,10-12H2,1H3,(H2,21,22,24)/t16-,17-,18+/m0/s1. The highest BCUT2D eigenvalue weighted by Gasteiger charge is 2.39. The Bertz CT molecular complexity index is 682. The predicted molar refractivity (Wildman–Crippen MR) is 99.2 cm³/mol. The van der Waals surface area contributed by atoms with Crippen LogP contribution in [0.1, 0.15) is 37.8 Å². The van der Waals surface area contributed by atoms with Crippen LogP contribution in [0.25, 0.3) is 0 Å². The molecule has 2 fully saturated rings. The number of hydrogen-bond acceptors (Lipinski definition) is 5. The molecule has 0 aromatic heterocycles. The Morgan fingerprint density at radius 3 is 2.78 bits per heavy atom. The maximum absolute atomic E-state index is 12.7. The average molecular weight is 374 g/mol. The van der Waals surface area contributed by atoms with Gasteiger partial charge in [0.05, 0.1) is 18.8 Å². The van der Waals surface area contributed by atoms with Crippen molar-refractivity contribution in [3.05, 3.63) is 42.1 Å². The van der Waals surface area contributed by atoms with Crippen LogP contribution >= 0.6 is 0 Å². The molecule has 1 aromatic rings. The normalized spacial score (nSPS) is 24.9. The highest BCUT2D eigenvalue weighted by Crippen LogP contribution is 2.31. The monoisotopic (exact) mass is 374 g/mol. The lowest BCUT2D eigenvalue weighted by Crippen LogP contribution is -2.51. The van der Waals surface area contributed by atoms with Crippen molar-refractivity contribution in [2.24, 2.45) is 5.92 Å². The lowest BCUT2D eigenvalue weighted by atomic mass is 9.89. The van der Waals surface area contributed by atoms with Crippen LogP contribution in [0, 0.1) is 5.92 Å². The summed E-state index contributed by atoms with van der Waals surface area (Å²) < 4.78 is 16.5. The molecule has 2 saturated heterocycles. The molecule has 2 aliphatic rings. The molecule has 0 radical (unpaired) electrons. The van der Waals surface area contributed by atoms with Gasteiger partial charge in [0.25, 0.3) is 0 Å². The number of nitrogens with one attached hydrogen (secondary N) is 2. The van der Waals surface area contributed by atoms with Crippen molar-refractivity contribution in [3.8, 4) is 5.75 Å². The van der Waals surface area contributed by atoms with Crippen molar-refractivity contribution in [2.45, 2.75) is 38.3 Å². The van der Waals surface area contributed by atoms with E-state index in [2.05, 4.69) is 17.2 Å². The van der Waals surface area contributed by atoms with Crippen molar-refractivity contribution in [3.63, 3.8) is 0 Å². The van der Waals surface area contributed by atoms with Crippen LogP contribution in [-0.2, 0) is 14.3 Å². The summed E-state index contributed by atoms with van der Waals surface area (Å²) in [6.45, 7) is 7.44. The largest absolute Gasteiger partial charge is 0.494 e. The fourth-order valence-electron chi connectivity index (χ4n) is 3.27. The smallest absolute Gasteiger partial charge is 0.319 e. The minimum absolute atomic E-state index is 0.0539. The molecule has 146 valence electrons. The van der Waals surface area contributed by atoms with Crippen molar-refractivity contribution >= 4 is 12.0 Å². The Kier molecular flexibility index (Phi) is 6.34. The van der Waals surface area contributed by atoms with Gasteiger partial charge in [-0.15, -0.1) is 0 Å². The maximum Gasteiger partial charge on any atom is 0.319 e. The van der Waals surface area contributed by atoms with Crippen LogP contribution < -0.4 is 15.4 Å². The zero-order valence-corrected chi connectivity index (χ0v) is 15.5. The van der Waals surface area contributed by atoms with Gasteiger partial charge in [0.15, 0.2) is 0 Å². The number of carbonyl (C=O) groups excluding carboxylic acids is 2. The van der Waals surface area contributed by atoms with Gasteiger partial charge in [-0.05, 0) is 37.0 Å². The summed E-state index contributed by atoms with van der Waals surface area (Å²) in [5, 5.41) is 5.38. The molecule has 2 amide bonds. The van der Waals surface area contributed by atoms with Crippen molar-refractivity contribution in [2.75, 3.05) is 19.8 Å². The third-order valence-electron chi connectivity index (χ3n) is 4.67. The minimum Gasteiger partial charge on any atom is -0.494 e. The van der Waals surface area contributed by atoms with E-state index in [0.29, 0.717) is 18.9 Å². The number of hydrogen-bond donors (Lipinski definition) is 2. The van der Waals surface area contributed by atoms with Gasteiger partial charge in [0.1, 0.15) is 18.3 Å². The predicted octanol–water partition coefficient (Wildman–Crippen LogP) is 2.68. The van der Waals surface area contributed by atoms with Gasteiger partial charge in [-0.25, -0.2) is 4.79 Å². The molecular formula is C20H26N2O5. The maximum atomic E-state index is 12.7. The molecule has 0 unspecified atom stereocenters. The Morgan fingerprint density at radius 2 is 2.11 bits per heavy atom. The summed E-state index contributed by atoms with van der Waals surface area (Å²) in [6.07, 6.45) is 2.73. The number of benzene rings is 1. The summed E-state index contributed by atoms with van der Waals surface area (Å²) in [4.78, 5) is 24.6. The molecule has 3 atom stereocenters. The van der Waals surface area contributed by atoms with E-state index in [1.165, 1.54) is 0 Å². The Morgan fingerprint density at radius 1 is 1.33 bits per heavy atom. The van der Waals surface area contributed by atoms with Gasteiger partial charge in [0.2, 0.25) is 0 Å². The van der Waals surface area contributed by atoms with E-state index in [1.54, 1.807) is 0 Å². The lowest BCUT2D eigenvalue weighted by molar-refractivity contribution is -0.151. The molecule has 2 N–H and O–H groups in total. The SMILES string of the molecule is C=C1NC(=O)N[C@H](c2ccc(OCCC)cc2)[C@H]1C(=O)OC[C@@H]1CCCO1. The van der Waals surface area contributed by atoms with Crippen LogP contribution in [0.2, 0.25) is 0 Å². The van der Waals surface area contributed by atoms with Gasteiger partial charge in [0, 0.05) is 12.3 Å². The van der Waals surface area contributed by atoms with E-state index < -0.39 is 17.9 Å². The Hall–Kier alpha value is -2.54. The van der Waals surface area contributed by atoms with Gasteiger partial charge in [-0.2, -0.15) is 0 Å². The van der Waals surface area contributed by atoms with Crippen LogP contribution in [0.3, 0.4) is 0 Å². The third kappa shape index (κ3) is 4.80. The van der Waals surface area contributed by atoms with Gasteiger partial charge < -0.3 is 24.8 Å². The van der Waals surface area contributed by atoms with E-state index in [1.807, 2.05) is 31.2 Å². The molecule has 0 spiro atoms. The molecule has 0 bridgehead atoms. The summed E-state index contributed by atoms with van der Waals surface area (Å²) in [5.74, 6) is -0.400. The van der Waals surface area contributed by atoms with Crippen LogP contribution in [0.5, 0.6) is 5.75 Å². The van der Waals surface area contributed by atoms with Crippen LogP contribution in [0.4, 0.5) is 4.79 Å². The summed E-state index contributed by atoms with van der Waals surface area (Å²) in [5.41, 5.74) is 1.11. The van der Waals surface area contributed by atoms with Gasteiger partial charge in [-0.3, -0.25) is 4.79 Å². The minimum atomic E-state index is -0.716. The van der Waals surface area contributed by atoms with Crippen molar-refractivity contribution in [1.29, 1.82) is 0 Å². The molecule has 0 saturated carbocycles. The third-order valence-corrected chi connectivity index (χ3v) is 4.67. The molecule has 7 nitrogen and oxygen atoms in total. The fraction of sp³-hybridized carbons (Fsp3) is 0.500. The number of carbonyl (C=O) groups is 2. The second kappa shape index (κ2) is 8.90. The molecule has 3 rings (SSSR count). The fourth-order valence-corrected chi connectivity index (χ4v) is 3.27. The molecule has 7 heteroatoms. The number of rotatable bonds is 7. The molecule has 1 aromatic carbocycles. The first kappa shape index (κ1) is 19.2. The van der Waals surface area contributed by atoms with Gasteiger partial charge in [-0.1, -0.05) is 25.6 Å². The molecule has 2 aliphatic heterocycles. The van der Waals surface area contributed by atoms with Crippen LogP contribution in [0.15, 0.2) is 36.5 Å². The van der Waals surface area contributed by atoms with E-state index in [9.17, 15) is 9.59 Å². The van der Waals surface area contributed by atoms with Crippen molar-refractivity contribution < 1.29 is 23.8 Å². The topological polar surface area (TPSA) is 85.9 Å². The summed E-state index contributed by atoms with van der Waals surface area (Å²) in [6, 6.07) is 6.40. The average Bonchev–Trinajstić information content (AvgIpc) is 3.18. The quantitative estimate of drug-likeness (QED) is 0.717. The lowest BCUT2D eigenvalue weighted by Gasteiger charge is -2.33. The molecule has 2 heterocycles. The number of amides is 2. The highest BCUT2D eigenvalue weighted by atomic mass is 16.6. The Labute approximate surface area is 159 Å².